The van der Waals surface area contributed by atoms with Crippen molar-refractivity contribution in [2.45, 2.75) is 13.5 Å². The third-order valence-corrected chi connectivity index (χ3v) is 3.30. The smallest absolute Gasteiger partial charge is 0.347 e. The van der Waals surface area contributed by atoms with Gasteiger partial charge in [-0.3, -0.25) is 0 Å². The number of nitrogens with zero attached hydrogens (tertiary/aromatic N) is 4. The highest BCUT2D eigenvalue weighted by Gasteiger charge is 2.13. The van der Waals surface area contributed by atoms with Crippen molar-refractivity contribution >= 4 is 22.4 Å². The van der Waals surface area contributed by atoms with Gasteiger partial charge in [0.1, 0.15) is 11.2 Å². The number of carbonyl (C=O) groups is 1. The van der Waals surface area contributed by atoms with E-state index in [2.05, 4.69) is 20.5 Å². The number of hydrogen-bond donors (Lipinski definition) is 2. The SMILES string of the molecule is Cc1nc(NCc2nncn2C)sc1C(=O)O. The van der Waals surface area contributed by atoms with E-state index in [4.69, 9.17) is 5.11 Å². The fourth-order valence-electron chi connectivity index (χ4n) is 1.29. The van der Waals surface area contributed by atoms with Crippen molar-refractivity contribution in [3.63, 3.8) is 0 Å². The molecule has 0 aliphatic rings. The Kier molecular flexibility index (Phi) is 3.05. The van der Waals surface area contributed by atoms with Gasteiger partial charge in [0.25, 0.3) is 0 Å². The van der Waals surface area contributed by atoms with E-state index in [1.807, 2.05) is 7.05 Å². The summed E-state index contributed by atoms with van der Waals surface area (Å²) in [4.78, 5) is 15.2. The molecule has 0 aliphatic carbocycles. The second-order valence-electron chi connectivity index (χ2n) is 3.45. The number of aryl methyl sites for hydroxylation is 2. The predicted octanol–water partition coefficient (Wildman–Crippen LogP) is 0.890. The van der Waals surface area contributed by atoms with Crippen LogP contribution >= 0.6 is 11.3 Å². The second-order valence-corrected chi connectivity index (χ2v) is 4.45. The summed E-state index contributed by atoms with van der Waals surface area (Å²) in [5.41, 5.74) is 0.517. The van der Waals surface area contributed by atoms with Crippen molar-refractivity contribution in [3.05, 3.63) is 22.7 Å². The van der Waals surface area contributed by atoms with Gasteiger partial charge in [-0.25, -0.2) is 9.78 Å². The lowest BCUT2D eigenvalue weighted by Crippen LogP contribution is -2.05. The Labute approximate surface area is 101 Å². The van der Waals surface area contributed by atoms with Crippen LogP contribution in [0.25, 0.3) is 0 Å². The molecule has 0 spiro atoms. The lowest BCUT2D eigenvalue weighted by molar-refractivity contribution is 0.0701. The number of aromatic carboxylic acids is 1. The fourth-order valence-corrected chi connectivity index (χ4v) is 2.09. The lowest BCUT2D eigenvalue weighted by Gasteiger charge is -2.00. The number of hydrogen-bond acceptors (Lipinski definition) is 6. The Morgan fingerprint density at radius 2 is 2.41 bits per heavy atom. The minimum atomic E-state index is -0.952. The van der Waals surface area contributed by atoms with Crippen LogP contribution in [-0.4, -0.2) is 30.8 Å². The van der Waals surface area contributed by atoms with Crippen LogP contribution in [0.4, 0.5) is 5.13 Å². The van der Waals surface area contributed by atoms with Gasteiger partial charge in [-0.1, -0.05) is 11.3 Å². The lowest BCUT2D eigenvalue weighted by atomic mass is 10.4. The Balaban J connectivity index is 2.07. The molecule has 0 radical (unpaired) electrons. The van der Waals surface area contributed by atoms with Gasteiger partial charge < -0.3 is 15.0 Å². The van der Waals surface area contributed by atoms with E-state index >= 15 is 0 Å². The number of rotatable bonds is 4. The van der Waals surface area contributed by atoms with E-state index in [9.17, 15) is 4.79 Å². The van der Waals surface area contributed by atoms with Crippen LogP contribution in [0, 0.1) is 6.92 Å². The molecule has 2 heterocycles. The van der Waals surface area contributed by atoms with E-state index in [-0.39, 0.29) is 4.88 Å². The number of nitrogens with one attached hydrogen (secondary N) is 1. The highest BCUT2D eigenvalue weighted by atomic mass is 32.1. The van der Waals surface area contributed by atoms with Gasteiger partial charge in [0.05, 0.1) is 12.2 Å². The summed E-state index contributed by atoms with van der Waals surface area (Å²) in [7, 11) is 1.84. The molecule has 2 aromatic rings. The summed E-state index contributed by atoms with van der Waals surface area (Å²) < 4.78 is 1.78. The zero-order valence-corrected chi connectivity index (χ0v) is 10.2. The standard InChI is InChI=1S/C9H11N5O2S/c1-5-7(8(15)16)17-9(12-5)10-3-6-13-11-4-14(6)2/h4H,3H2,1-2H3,(H,10,12)(H,15,16). The zero-order chi connectivity index (χ0) is 12.4. The maximum Gasteiger partial charge on any atom is 0.347 e. The summed E-state index contributed by atoms with van der Waals surface area (Å²) in [6.45, 7) is 2.13. The number of thiazole rings is 1. The monoisotopic (exact) mass is 253 g/mol. The summed E-state index contributed by atoms with van der Waals surface area (Å²) in [5, 5.41) is 20.1. The van der Waals surface area contributed by atoms with E-state index < -0.39 is 5.97 Å². The second kappa shape index (κ2) is 4.50. The molecule has 0 aliphatic heterocycles. The molecular weight excluding hydrogens is 242 g/mol. The van der Waals surface area contributed by atoms with Crippen molar-refractivity contribution < 1.29 is 9.90 Å². The van der Waals surface area contributed by atoms with E-state index in [1.54, 1.807) is 17.8 Å². The molecule has 0 saturated carbocycles. The first kappa shape index (κ1) is 11.5. The van der Waals surface area contributed by atoms with Gasteiger partial charge in [-0.15, -0.1) is 10.2 Å². The van der Waals surface area contributed by atoms with Crippen molar-refractivity contribution in [1.29, 1.82) is 0 Å². The minimum Gasteiger partial charge on any atom is -0.477 e. The first-order valence-electron chi connectivity index (χ1n) is 4.85. The number of carboxylic acid groups (broad SMARTS) is 1. The van der Waals surface area contributed by atoms with Gasteiger partial charge >= 0.3 is 5.97 Å². The average Bonchev–Trinajstić information content (AvgIpc) is 2.82. The van der Waals surface area contributed by atoms with Crippen LogP contribution in [-0.2, 0) is 13.6 Å². The molecule has 2 rings (SSSR count). The molecule has 0 unspecified atom stereocenters. The zero-order valence-electron chi connectivity index (χ0n) is 9.34. The Morgan fingerprint density at radius 3 is 2.94 bits per heavy atom. The van der Waals surface area contributed by atoms with Gasteiger partial charge in [-0.05, 0) is 6.92 Å². The molecule has 90 valence electrons. The third kappa shape index (κ3) is 2.41. The van der Waals surface area contributed by atoms with Crippen molar-refractivity contribution in [2.24, 2.45) is 7.05 Å². The van der Waals surface area contributed by atoms with Gasteiger partial charge in [0.2, 0.25) is 0 Å². The predicted molar refractivity (Wildman–Crippen MR) is 62.1 cm³/mol. The van der Waals surface area contributed by atoms with Crippen LogP contribution in [0.15, 0.2) is 6.33 Å². The minimum absolute atomic E-state index is 0.255. The van der Waals surface area contributed by atoms with Crippen LogP contribution < -0.4 is 5.32 Å². The van der Waals surface area contributed by atoms with Crippen molar-refractivity contribution in [3.8, 4) is 0 Å². The fraction of sp³-hybridized carbons (Fsp3) is 0.333. The number of anilines is 1. The van der Waals surface area contributed by atoms with Crippen LogP contribution in [0.2, 0.25) is 0 Å². The summed E-state index contributed by atoms with van der Waals surface area (Å²) in [5.74, 6) is -0.193. The number of aromatic nitrogens is 4. The molecule has 0 aromatic carbocycles. The summed E-state index contributed by atoms with van der Waals surface area (Å²) in [6.07, 6.45) is 1.60. The first-order valence-corrected chi connectivity index (χ1v) is 5.67. The Hall–Kier alpha value is -1.96. The van der Waals surface area contributed by atoms with Crippen molar-refractivity contribution in [2.75, 3.05) is 5.32 Å². The third-order valence-electron chi connectivity index (χ3n) is 2.19. The van der Waals surface area contributed by atoms with Gasteiger partial charge in [0.15, 0.2) is 11.0 Å². The molecule has 0 saturated heterocycles. The van der Waals surface area contributed by atoms with Crippen molar-refractivity contribution in [1.82, 2.24) is 19.7 Å². The largest absolute Gasteiger partial charge is 0.477 e. The summed E-state index contributed by atoms with van der Waals surface area (Å²) >= 11 is 1.12. The first-order chi connectivity index (χ1) is 8.08. The van der Waals surface area contributed by atoms with Gasteiger partial charge in [-0.2, -0.15) is 0 Å². The molecule has 2 aromatic heterocycles. The maximum atomic E-state index is 10.8. The molecule has 8 heteroatoms. The van der Waals surface area contributed by atoms with Crippen LogP contribution in [0.3, 0.4) is 0 Å². The summed E-state index contributed by atoms with van der Waals surface area (Å²) in [6, 6.07) is 0. The molecule has 0 bridgehead atoms. The Bertz CT molecular complexity index is 547. The van der Waals surface area contributed by atoms with Crippen LogP contribution in [0.1, 0.15) is 21.2 Å². The van der Waals surface area contributed by atoms with Crippen LogP contribution in [0.5, 0.6) is 0 Å². The Morgan fingerprint density at radius 1 is 1.65 bits per heavy atom. The molecule has 17 heavy (non-hydrogen) atoms. The maximum absolute atomic E-state index is 10.8. The topological polar surface area (TPSA) is 92.9 Å². The quantitative estimate of drug-likeness (QED) is 0.840. The number of carboxylic acids is 1. The normalized spacial score (nSPS) is 10.5. The van der Waals surface area contributed by atoms with E-state index in [1.165, 1.54) is 0 Å². The molecule has 0 fully saturated rings. The highest BCUT2D eigenvalue weighted by Crippen LogP contribution is 2.22. The van der Waals surface area contributed by atoms with Gasteiger partial charge in [0, 0.05) is 7.05 Å². The molecule has 0 amide bonds. The van der Waals surface area contributed by atoms with E-state index in [0.717, 1.165) is 17.2 Å². The molecule has 7 nitrogen and oxygen atoms in total. The molecular formula is C9H11N5O2S. The van der Waals surface area contributed by atoms with E-state index in [0.29, 0.717) is 17.4 Å². The highest BCUT2D eigenvalue weighted by molar-refractivity contribution is 7.17. The molecule has 2 N–H and O–H groups in total. The molecule has 0 atom stereocenters. The average molecular weight is 253 g/mol.